The van der Waals surface area contributed by atoms with Crippen LogP contribution in [0.25, 0.3) is 10.9 Å². The lowest BCUT2D eigenvalue weighted by Crippen LogP contribution is -2.43. The number of esters is 2. The first-order chi connectivity index (χ1) is 20.8. The van der Waals surface area contributed by atoms with E-state index in [2.05, 4.69) is 10.3 Å². The summed E-state index contributed by atoms with van der Waals surface area (Å²) in [5.74, 6) is -2.08. The molecule has 4 N–H and O–H groups in total. The Morgan fingerprint density at radius 3 is 2.58 bits per heavy atom. The van der Waals surface area contributed by atoms with E-state index in [1.54, 1.807) is 12.1 Å². The van der Waals surface area contributed by atoms with Crippen molar-refractivity contribution in [1.82, 2.24) is 15.6 Å². The number of halogens is 2. The van der Waals surface area contributed by atoms with Gasteiger partial charge in [-0.25, -0.2) is 8.78 Å². The molecule has 2 aromatic carbocycles. The normalized spacial score (nSPS) is 33.4. The first-order valence-corrected chi connectivity index (χ1v) is 13.5. The van der Waals surface area contributed by atoms with E-state index >= 15 is 0 Å². The van der Waals surface area contributed by atoms with E-state index in [0.29, 0.717) is 35.1 Å². The molecular weight excluding hydrogens is 518 g/mol. The van der Waals surface area contributed by atoms with Crippen LogP contribution in [-0.2, 0) is 24.5 Å². The minimum absolute atomic E-state index is 0.000290. The van der Waals surface area contributed by atoms with Gasteiger partial charge in [-0.15, -0.1) is 0 Å². The molecule has 1 aromatic heterocycles. The number of benzene rings is 2. The molecule has 2 fully saturated rings. The smallest absolute Gasteiger partial charge is 0.302 e. The monoisotopic (exact) mass is 556 g/mol. The standard InChI is InChI=1S/C30H34F2N4O4/c1-16(37)39-23-10-21(33-14-23)12-30(13-22-11-24(15-34-22)40-17(2)38)25-6-5-20(32)9-27(25)36-29(30)28-7-18-3-4-19(31)8-26(18)35-28/h3-9,21-24,29,33-36H,10-15H2,1-2H3/i6D,21D/hD2. The maximum atomic E-state index is 14.8. The van der Waals surface area contributed by atoms with Crippen LogP contribution in [0.15, 0.2) is 42.4 Å². The third-order valence-electron chi connectivity index (χ3n) is 8.03. The lowest BCUT2D eigenvalue weighted by atomic mass is 9.67. The topological polar surface area (TPSA) is 104 Å². The summed E-state index contributed by atoms with van der Waals surface area (Å²) in [6.45, 7) is 2.99. The van der Waals surface area contributed by atoms with Gasteiger partial charge in [0.25, 0.3) is 0 Å². The van der Waals surface area contributed by atoms with Crippen LogP contribution in [0.4, 0.5) is 14.5 Å². The number of hydrogen-bond acceptors (Lipinski definition) is 7. The molecule has 6 unspecified atom stereocenters. The Balaban J connectivity index is 1.52. The molecule has 3 aliphatic rings. The van der Waals surface area contributed by atoms with E-state index in [1.807, 2.05) is 0 Å². The van der Waals surface area contributed by atoms with E-state index in [-0.39, 0.29) is 43.6 Å². The summed E-state index contributed by atoms with van der Waals surface area (Å²) >= 11 is 0. The lowest BCUT2D eigenvalue weighted by molar-refractivity contribution is -0.146. The van der Waals surface area contributed by atoms with Crippen molar-refractivity contribution >= 4 is 28.5 Å². The Morgan fingerprint density at radius 1 is 1.05 bits per heavy atom. The van der Waals surface area contributed by atoms with Crippen LogP contribution >= 0.6 is 0 Å². The van der Waals surface area contributed by atoms with Gasteiger partial charge < -0.3 is 30.4 Å². The minimum atomic E-state index is -1.62. The fourth-order valence-corrected chi connectivity index (χ4v) is 6.60. The SMILES string of the molecule is [2H]c1cc(F)cc2c1C(CC1CC(OC(C)=O)CN1)(CC1([2H])CC(OC(C)=O)CN1[2H])C(c1cc3ccc(F)cc3[nH]1)N2[2H]. The molecule has 6 atom stereocenters. The van der Waals surface area contributed by atoms with Crippen molar-refractivity contribution in [2.45, 2.75) is 75.3 Å². The molecule has 0 amide bonds. The van der Waals surface area contributed by atoms with Crippen LogP contribution in [0.3, 0.4) is 0 Å². The highest BCUT2D eigenvalue weighted by molar-refractivity contribution is 5.81. The molecule has 4 heterocycles. The number of rotatable bonds is 7. The number of aromatic amines is 1. The molecule has 0 saturated carbocycles. The maximum absolute atomic E-state index is 14.8. The highest BCUT2D eigenvalue weighted by Crippen LogP contribution is 2.55. The summed E-state index contributed by atoms with van der Waals surface area (Å²) in [5.41, 5.74) is 0.270. The fraction of sp³-hybridized carbons (Fsp3) is 0.467. The molecule has 212 valence electrons. The first kappa shape index (κ1) is 22.2. The molecule has 3 aliphatic heterocycles. The number of hydrogen-bond donors (Lipinski definition) is 4. The minimum Gasteiger partial charge on any atom is -0.461 e. The second-order valence-corrected chi connectivity index (χ2v) is 11.0. The number of nitrogens with one attached hydrogen (secondary N) is 4. The van der Waals surface area contributed by atoms with Gasteiger partial charge in [0.2, 0.25) is 0 Å². The van der Waals surface area contributed by atoms with Crippen LogP contribution < -0.4 is 15.9 Å². The van der Waals surface area contributed by atoms with E-state index in [4.69, 9.17) is 12.3 Å². The van der Waals surface area contributed by atoms with Crippen molar-refractivity contribution in [2.75, 3.05) is 18.4 Å². The summed E-state index contributed by atoms with van der Waals surface area (Å²) in [4.78, 5) is 26.7. The highest BCUT2D eigenvalue weighted by Gasteiger charge is 2.52. The number of ether oxygens (including phenoxy) is 2. The number of H-pyrrole nitrogens is 1. The third kappa shape index (κ3) is 5.17. The van der Waals surface area contributed by atoms with E-state index in [9.17, 15) is 21.2 Å². The second kappa shape index (κ2) is 10.5. The number of anilines is 1. The molecule has 6 rings (SSSR count). The van der Waals surface area contributed by atoms with Crippen LogP contribution in [0.2, 0.25) is 2.82 Å². The van der Waals surface area contributed by atoms with Gasteiger partial charge in [-0.05, 0) is 60.2 Å². The quantitative estimate of drug-likeness (QED) is 0.323. The lowest BCUT2D eigenvalue weighted by Gasteiger charge is -2.40. The predicted octanol–water partition coefficient (Wildman–Crippen LogP) is 4.22. The van der Waals surface area contributed by atoms with Gasteiger partial charge in [0.1, 0.15) is 25.3 Å². The average molecular weight is 557 g/mol. The van der Waals surface area contributed by atoms with Crippen molar-refractivity contribution in [3.63, 3.8) is 0 Å². The molecular formula is C30H34F2N4O4. The summed E-state index contributed by atoms with van der Waals surface area (Å²) in [7, 11) is 0. The van der Waals surface area contributed by atoms with Gasteiger partial charge in [-0.1, -0.05) is 6.04 Å². The van der Waals surface area contributed by atoms with Crippen LogP contribution in [0.1, 0.15) is 59.6 Å². The van der Waals surface area contributed by atoms with Crippen LogP contribution in [0, 0.1) is 11.6 Å². The van der Waals surface area contributed by atoms with Crippen LogP contribution in [-0.4, -0.2) is 54.3 Å². The molecule has 0 spiro atoms. The van der Waals surface area contributed by atoms with Crippen molar-refractivity contribution in [1.29, 1.82) is 0 Å². The maximum Gasteiger partial charge on any atom is 0.302 e. The molecule has 0 bridgehead atoms. The number of fused-ring (bicyclic) bond motifs is 2. The van der Waals surface area contributed by atoms with E-state index < -0.39 is 53.3 Å². The van der Waals surface area contributed by atoms with E-state index in [0.717, 1.165) is 16.7 Å². The van der Waals surface area contributed by atoms with Crippen molar-refractivity contribution < 1.29 is 33.4 Å². The van der Waals surface area contributed by atoms with Crippen molar-refractivity contribution in [2.24, 2.45) is 0 Å². The Labute approximate surface area is 236 Å². The summed E-state index contributed by atoms with van der Waals surface area (Å²) in [6.07, 6.45) is -0.503. The van der Waals surface area contributed by atoms with Gasteiger partial charge in [0.05, 0.1) is 7.41 Å². The summed E-state index contributed by atoms with van der Waals surface area (Å²) in [6, 6.07) is 5.39. The van der Waals surface area contributed by atoms with Gasteiger partial charge >= 0.3 is 11.9 Å². The largest absolute Gasteiger partial charge is 0.461 e. The van der Waals surface area contributed by atoms with E-state index in [1.165, 1.54) is 32.0 Å². The zero-order chi connectivity index (χ0) is 31.6. The molecule has 10 heteroatoms. The van der Waals surface area contributed by atoms with Crippen molar-refractivity contribution in [3.8, 4) is 0 Å². The first-order valence-electron chi connectivity index (χ1n) is 15.4. The van der Waals surface area contributed by atoms with Gasteiger partial charge in [-0.2, -0.15) is 0 Å². The molecule has 3 aromatic rings. The van der Waals surface area contributed by atoms with Gasteiger partial charge in [0.15, 0.2) is 1.41 Å². The molecule has 2 saturated heterocycles. The Hall–Kier alpha value is -3.50. The van der Waals surface area contributed by atoms with Gasteiger partial charge in [0, 0.05) is 75.5 Å². The summed E-state index contributed by atoms with van der Waals surface area (Å²) in [5, 5.41) is 6.29. The molecule has 0 aliphatic carbocycles. The highest BCUT2D eigenvalue weighted by atomic mass is 19.1. The van der Waals surface area contributed by atoms with Crippen molar-refractivity contribution in [3.05, 3.63) is 65.3 Å². The average Bonchev–Trinajstić information content (AvgIpc) is 3.63. The predicted molar refractivity (Wildman–Crippen MR) is 146 cm³/mol. The molecule has 40 heavy (non-hydrogen) atoms. The second-order valence-electron chi connectivity index (χ2n) is 11.0. The Kier molecular flexibility index (Phi) is 5.82. The molecule has 8 nitrogen and oxygen atoms in total. The zero-order valence-corrected chi connectivity index (χ0v) is 22.3. The summed E-state index contributed by atoms with van der Waals surface area (Å²) < 4.78 is 76.4. The fourth-order valence-electron chi connectivity index (χ4n) is 6.60. The Bertz CT molecular complexity index is 1630. The number of carbonyl (C=O) groups excluding carboxylic acids is 2. The molecule has 0 radical (unpaired) electrons. The number of aromatic nitrogens is 1. The third-order valence-corrected chi connectivity index (χ3v) is 8.03. The van der Waals surface area contributed by atoms with Crippen LogP contribution in [0.5, 0.6) is 0 Å². The number of carbonyl (C=O) groups is 2. The Morgan fingerprint density at radius 2 is 1.80 bits per heavy atom. The van der Waals surface area contributed by atoms with Gasteiger partial charge in [-0.3, -0.25) is 9.59 Å². The zero-order valence-electron chi connectivity index (χ0n) is 26.3.